The number of carbonyl (C=O) groups excluding carboxylic acids is 3. The van der Waals surface area contributed by atoms with E-state index in [1.807, 2.05) is 7.05 Å². The maximum atomic E-state index is 12.8. The molecule has 2 aromatic rings. The van der Waals surface area contributed by atoms with Crippen molar-refractivity contribution in [3.05, 3.63) is 75.7 Å². The van der Waals surface area contributed by atoms with Gasteiger partial charge in [0, 0.05) is 18.7 Å². The minimum Gasteiger partial charge on any atom is -0.339 e. The molecule has 1 aliphatic heterocycles. The van der Waals surface area contributed by atoms with Crippen LogP contribution in [0.2, 0.25) is 0 Å². The smallest absolute Gasteiger partial charge is 0.339 e. The fourth-order valence-electron chi connectivity index (χ4n) is 4.33. The molecule has 5 nitrogen and oxygen atoms in total. The summed E-state index contributed by atoms with van der Waals surface area (Å²) in [6.45, 7) is -0.110. The Morgan fingerprint density at radius 3 is 2.26 bits per heavy atom. The van der Waals surface area contributed by atoms with Gasteiger partial charge in [-0.15, -0.1) is 0 Å². The lowest BCUT2D eigenvalue weighted by Gasteiger charge is -2.31. The van der Waals surface area contributed by atoms with Crippen molar-refractivity contribution < 1.29 is 27.6 Å². The Labute approximate surface area is 206 Å². The first-order chi connectivity index (χ1) is 16.6. The van der Waals surface area contributed by atoms with Crippen molar-refractivity contribution in [1.29, 1.82) is 0 Å². The Hall–Kier alpha value is -3.07. The number of alkyl halides is 3. The Morgan fingerprint density at radius 1 is 1.03 bits per heavy atom. The van der Waals surface area contributed by atoms with Crippen LogP contribution in [0.4, 0.5) is 18.0 Å². The molecule has 2 fully saturated rings. The predicted octanol–water partition coefficient (Wildman–Crippen LogP) is 6.35. The molecule has 184 valence electrons. The number of rotatable bonds is 5. The molecule has 0 N–H and O–H groups in total. The summed E-state index contributed by atoms with van der Waals surface area (Å²) in [6.07, 6.45) is 2.64. The van der Waals surface area contributed by atoms with Crippen molar-refractivity contribution in [2.75, 3.05) is 7.05 Å². The summed E-state index contributed by atoms with van der Waals surface area (Å²) in [4.78, 5) is 41.0. The van der Waals surface area contributed by atoms with Gasteiger partial charge in [0.2, 0.25) is 0 Å². The average Bonchev–Trinajstić information content (AvgIpc) is 3.11. The van der Waals surface area contributed by atoms with Gasteiger partial charge in [0.15, 0.2) is 0 Å². The summed E-state index contributed by atoms with van der Waals surface area (Å²) >= 11 is 0.781. The highest BCUT2D eigenvalue weighted by molar-refractivity contribution is 8.18. The Balaban J connectivity index is 1.42. The molecule has 0 aromatic heterocycles. The number of halogens is 3. The Kier molecular flexibility index (Phi) is 7.35. The van der Waals surface area contributed by atoms with Gasteiger partial charge >= 0.3 is 6.18 Å². The summed E-state index contributed by atoms with van der Waals surface area (Å²) in [5.74, 6) is -0.544. The zero-order valence-electron chi connectivity index (χ0n) is 19.2. The normalized spacial score (nSPS) is 18.4. The molecule has 0 bridgehead atoms. The molecular formula is C26H25F3N2O3S. The van der Waals surface area contributed by atoms with Crippen LogP contribution >= 0.6 is 11.8 Å². The molecule has 9 heteroatoms. The molecule has 0 unspecified atom stereocenters. The SMILES string of the molecule is CN(C(=O)c1ccc(/C=C2\SC(=O)N(Cc3ccc(C(F)(F)F)cc3)C2=O)cc1)C1CCCCC1. The van der Waals surface area contributed by atoms with Crippen LogP contribution in [0.15, 0.2) is 53.4 Å². The maximum Gasteiger partial charge on any atom is 0.416 e. The van der Waals surface area contributed by atoms with Crippen LogP contribution in [-0.2, 0) is 17.5 Å². The van der Waals surface area contributed by atoms with Gasteiger partial charge in [-0.3, -0.25) is 19.3 Å². The molecule has 2 aromatic carbocycles. The third kappa shape index (κ3) is 5.78. The van der Waals surface area contributed by atoms with E-state index in [1.54, 1.807) is 35.2 Å². The lowest BCUT2D eigenvalue weighted by molar-refractivity contribution is -0.137. The van der Waals surface area contributed by atoms with Gasteiger partial charge in [0.05, 0.1) is 17.0 Å². The van der Waals surface area contributed by atoms with Crippen molar-refractivity contribution in [2.45, 2.75) is 50.9 Å². The van der Waals surface area contributed by atoms with E-state index in [9.17, 15) is 27.6 Å². The second kappa shape index (κ2) is 10.3. The number of hydrogen-bond acceptors (Lipinski definition) is 4. The molecule has 1 aliphatic carbocycles. The van der Waals surface area contributed by atoms with E-state index < -0.39 is 22.9 Å². The van der Waals surface area contributed by atoms with Gasteiger partial charge in [-0.1, -0.05) is 43.5 Å². The first kappa shape index (κ1) is 25.0. The first-order valence-electron chi connectivity index (χ1n) is 11.4. The zero-order chi connectivity index (χ0) is 25.2. The molecule has 4 rings (SSSR count). The van der Waals surface area contributed by atoms with Crippen LogP contribution in [0.1, 0.15) is 59.2 Å². The molecule has 0 atom stereocenters. The van der Waals surface area contributed by atoms with Crippen LogP contribution in [0.3, 0.4) is 0 Å². The van der Waals surface area contributed by atoms with Crippen LogP contribution < -0.4 is 0 Å². The average molecular weight is 503 g/mol. The summed E-state index contributed by atoms with van der Waals surface area (Å²) in [5.41, 5.74) is 0.862. The Bertz CT molecular complexity index is 1140. The highest BCUT2D eigenvalue weighted by Crippen LogP contribution is 2.34. The van der Waals surface area contributed by atoms with E-state index >= 15 is 0 Å². The summed E-state index contributed by atoms with van der Waals surface area (Å²) in [6, 6.07) is 11.5. The van der Waals surface area contributed by atoms with E-state index in [-0.39, 0.29) is 23.4 Å². The zero-order valence-corrected chi connectivity index (χ0v) is 20.0. The van der Waals surface area contributed by atoms with Gasteiger partial charge < -0.3 is 4.90 Å². The fraction of sp³-hybridized carbons (Fsp3) is 0.346. The molecule has 0 radical (unpaired) electrons. The lowest BCUT2D eigenvalue weighted by Crippen LogP contribution is -2.38. The first-order valence-corrected chi connectivity index (χ1v) is 12.2. The van der Waals surface area contributed by atoms with Gasteiger partial charge in [-0.05, 0) is 66.1 Å². The predicted molar refractivity (Wildman–Crippen MR) is 128 cm³/mol. The van der Waals surface area contributed by atoms with Gasteiger partial charge in [-0.2, -0.15) is 13.2 Å². The number of amides is 3. The van der Waals surface area contributed by atoms with Crippen molar-refractivity contribution in [1.82, 2.24) is 9.80 Å². The van der Waals surface area contributed by atoms with Crippen LogP contribution in [0, 0.1) is 0 Å². The number of carbonyl (C=O) groups is 3. The van der Waals surface area contributed by atoms with Crippen molar-refractivity contribution in [2.24, 2.45) is 0 Å². The monoisotopic (exact) mass is 502 g/mol. The molecule has 35 heavy (non-hydrogen) atoms. The summed E-state index contributed by atoms with van der Waals surface area (Å²) in [7, 11) is 1.83. The number of imide groups is 1. The third-order valence-corrected chi connectivity index (χ3v) is 7.30. The highest BCUT2D eigenvalue weighted by atomic mass is 32.2. The van der Waals surface area contributed by atoms with E-state index in [4.69, 9.17) is 0 Å². The van der Waals surface area contributed by atoms with Crippen molar-refractivity contribution >= 4 is 34.9 Å². The third-order valence-electron chi connectivity index (χ3n) is 6.39. The minimum atomic E-state index is -4.45. The molecule has 2 aliphatic rings. The molecule has 1 saturated heterocycles. The van der Waals surface area contributed by atoms with E-state index in [1.165, 1.54) is 18.6 Å². The molecule has 0 spiro atoms. The van der Waals surface area contributed by atoms with E-state index in [0.717, 1.165) is 54.5 Å². The fourth-order valence-corrected chi connectivity index (χ4v) is 5.17. The van der Waals surface area contributed by atoms with Gasteiger partial charge in [0.1, 0.15) is 0 Å². The van der Waals surface area contributed by atoms with Crippen LogP contribution in [0.25, 0.3) is 6.08 Å². The largest absolute Gasteiger partial charge is 0.416 e. The molecule has 3 amide bonds. The topological polar surface area (TPSA) is 57.7 Å². The van der Waals surface area contributed by atoms with Gasteiger partial charge in [-0.25, -0.2) is 0 Å². The molecule has 1 saturated carbocycles. The van der Waals surface area contributed by atoms with E-state index in [2.05, 4.69) is 0 Å². The van der Waals surface area contributed by atoms with Crippen molar-refractivity contribution in [3.63, 3.8) is 0 Å². The Morgan fingerprint density at radius 2 is 1.66 bits per heavy atom. The maximum absolute atomic E-state index is 12.8. The quantitative estimate of drug-likeness (QED) is 0.448. The second-order valence-corrected chi connectivity index (χ2v) is 9.79. The van der Waals surface area contributed by atoms with Crippen LogP contribution in [-0.4, -0.2) is 39.9 Å². The highest BCUT2D eigenvalue weighted by Gasteiger charge is 2.35. The van der Waals surface area contributed by atoms with Gasteiger partial charge in [0.25, 0.3) is 17.1 Å². The van der Waals surface area contributed by atoms with E-state index in [0.29, 0.717) is 16.7 Å². The number of nitrogens with zero attached hydrogens (tertiary/aromatic N) is 2. The molecular weight excluding hydrogens is 477 g/mol. The molecule has 1 heterocycles. The van der Waals surface area contributed by atoms with Crippen LogP contribution in [0.5, 0.6) is 0 Å². The minimum absolute atomic E-state index is 0.0414. The second-order valence-electron chi connectivity index (χ2n) is 8.79. The number of thioether (sulfide) groups is 1. The lowest BCUT2D eigenvalue weighted by atomic mass is 9.94. The summed E-state index contributed by atoms with van der Waals surface area (Å²) in [5, 5.41) is -0.484. The van der Waals surface area contributed by atoms with Crippen molar-refractivity contribution in [3.8, 4) is 0 Å². The number of hydrogen-bond donors (Lipinski definition) is 0. The summed E-state index contributed by atoms with van der Waals surface area (Å²) < 4.78 is 38.3. The standard InChI is InChI=1S/C26H25F3N2O3S/c1-30(21-5-3-2-4-6-21)23(32)19-11-7-17(8-12-19)15-22-24(33)31(25(34)35-22)16-18-9-13-20(14-10-18)26(27,28)29/h7-15,21H,2-6,16H2,1H3/b22-15-. The number of benzene rings is 2.